The summed E-state index contributed by atoms with van der Waals surface area (Å²) in [5, 5.41) is 0. The third-order valence-corrected chi connectivity index (χ3v) is 2.21. The number of hydrogen-bond acceptors (Lipinski definition) is 3. The lowest BCUT2D eigenvalue weighted by molar-refractivity contribution is -0.152. The van der Waals surface area contributed by atoms with Crippen LogP contribution in [0, 0.1) is 0 Å². The Bertz CT molecular complexity index is 424. The molecule has 1 heterocycles. The second-order valence-corrected chi connectivity index (χ2v) is 6.76. The second kappa shape index (κ2) is 3.61. The molecule has 1 rings (SSSR count). The van der Waals surface area contributed by atoms with Crippen molar-refractivity contribution >= 4 is 34.3 Å². The van der Waals surface area contributed by atoms with Crippen molar-refractivity contribution in [2.75, 3.05) is 4.72 Å². The van der Waals surface area contributed by atoms with Gasteiger partial charge in [0.1, 0.15) is 0 Å². The predicted molar refractivity (Wildman–Crippen MR) is 50.3 cm³/mol. The highest BCUT2D eigenvalue weighted by Crippen LogP contribution is 2.32. The minimum absolute atomic E-state index is 0.466. The Labute approximate surface area is 89.1 Å². The molecule has 0 atom stereocenters. The second-order valence-electron chi connectivity index (χ2n) is 2.20. The summed E-state index contributed by atoms with van der Waals surface area (Å²) in [6.07, 6.45) is -4.62. The normalized spacial score (nSPS) is 12.9. The smallest absolute Gasteiger partial charge is 0.435 e. The molecule has 80 valence electrons. The first-order valence-electron chi connectivity index (χ1n) is 3.08. The van der Waals surface area contributed by atoms with E-state index in [-0.39, 0.29) is 0 Å². The molecule has 0 fully saturated rings. The van der Waals surface area contributed by atoms with Crippen LogP contribution in [-0.2, 0) is 13.4 Å². The molecule has 1 aromatic heterocycles. The van der Waals surface area contributed by atoms with Gasteiger partial charge in [0.05, 0.1) is 21.2 Å². The van der Waals surface area contributed by atoms with E-state index >= 15 is 0 Å². The molecule has 0 saturated carbocycles. The van der Waals surface area contributed by atoms with Crippen molar-refractivity contribution in [3.63, 3.8) is 0 Å². The fourth-order valence-corrected chi connectivity index (χ4v) is 1.67. The van der Waals surface area contributed by atoms with Crippen LogP contribution in [0.15, 0.2) is 16.5 Å². The van der Waals surface area contributed by atoms with Gasteiger partial charge in [0.2, 0.25) is 11.6 Å². The maximum Gasteiger partial charge on any atom is 0.449 e. The standard InChI is InChI=1S/C5H3F3INO3S/c6-5(7,8)3-1-2-4(13-3)10-14(9,11)12/h1-2,10H. The number of anilines is 1. The van der Waals surface area contributed by atoms with Gasteiger partial charge in [-0.15, -0.1) is 0 Å². The lowest BCUT2D eigenvalue weighted by Gasteiger charge is -2.01. The van der Waals surface area contributed by atoms with E-state index in [1.165, 1.54) is 0 Å². The molecular formula is C5H3F3INO3S. The summed E-state index contributed by atoms with van der Waals surface area (Å²) in [5.41, 5.74) is 0. The molecule has 14 heavy (non-hydrogen) atoms. The highest BCUT2D eigenvalue weighted by Gasteiger charge is 2.35. The molecule has 9 heteroatoms. The first-order chi connectivity index (χ1) is 6.18. The van der Waals surface area contributed by atoms with Crippen LogP contribution >= 0.6 is 21.2 Å². The summed E-state index contributed by atoms with van der Waals surface area (Å²) in [6, 6.07) is 1.53. The average Bonchev–Trinajstić information content (AvgIpc) is 2.29. The number of nitrogens with one attached hydrogen (secondary N) is 1. The van der Waals surface area contributed by atoms with Gasteiger partial charge >= 0.3 is 6.18 Å². The van der Waals surface area contributed by atoms with Gasteiger partial charge in [-0.05, 0) is 6.07 Å². The zero-order chi connectivity index (χ0) is 11.0. The van der Waals surface area contributed by atoms with Gasteiger partial charge in [-0.1, -0.05) is 0 Å². The molecule has 0 aliphatic rings. The van der Waals surface area contributed by atoms with Crippen molar-refractivity contribution in [3.05, 3.63) is 17.9 Å². The largest absolute Gasteiger partial charge is 0.449 e. The number of rotatable bonds is 2. The van der Waals surface area contributed by atoms with Crippen molar-refractivity contribution in [1.82, 2.24) is 0 Å². The molecule has 1 N–H and O–H groups in total. The Morgan fingerprint density at radius 3 is 2.29 bits per heavy atom. The predicted octanol–water partition coefficient (Wildman–Crippen LogP) is 2.39. The topological polar surface area (TPSA) is 59.3 Å². The first kappa shape index (κ1) is 11.6. The first-order valence-corrected chi connectivity index (χ1v) is 7.10. The minimum atomic E-state index is -4.62. The van der Waals surface area contributed by atoms with Gasteiger partial charge in [-0.2, -0.15) is 21.6 Å². The Balaban J connectivity index is 2.90. The van der Waals surface area contributed by atoms with Crippen LogP contribution in [0.4, 0.5) is 19.1 Å². The Hall–Kier alpha value is -0.450. The van der Waals surface area contributed by atoms with E-state index in [4.69, 9.17) is 0 Å². The molecule has 0 aliphatic heterocycles. The maximum atomic E-state index is 12.0. The summed E-state index contributed by atoms with van der Waals surface area (Å²) < 4.78 is 63.0. The summed E-state index contributed by atoms with van der Waals surface area (Å²) in [7, 11) is -3.65. The van der Waals surface area contributed by atoms with Crippen LogP contribution in [0.1, 0.15) is 5.76 Å². The molecule has 0 bridgehead atoms. The van der Waals surface area contributed by atoms with Crippen LogP contribution in [0.5, 0.6) is 0 Å². The number of halogens is 4. The summed E-state index contributed by atoms with van der Waals surface area (Å²) in [5.74, 6) is -1.72. The number of alkyl halides is 3. The summed E-state index contributed by atoms with van der Waals surface area (Å²) in [6.45, 7) is 0. The summed E-state index contributed by atoms with van der Waals surface area (Å²) in [4.78, 5) is 0. The van der Waals surface area contributed by atoms with Crippen LogP contribution < -0.4 is 4.72 Å². The van der Waals surface area contributed by atoms with Crippen LogP contribution in [-0.4, -0.2) is 8.42 Å². The lowest BCUT2D eigenvalue weighted by Crippen LogP contribution is -2.04. The zero-order valence-electron chi connectivity index (χ0n) is 6.30. The highest BCUT2D eigenvalue weighted by molar-refractivity contribution is 14.2. The lowest BCUT2D eigenvalue weighted by atomic mass is 10.4. The molecule has 0 saturated heterocycles. The van der Waals surface area contributed by atoms with Crippen molar-refractivity contribution in [3.8, 4) is 0 Å². The monoisotopic (exact) mass is 341 g/mol. The molecule has 0 amide bonds. The van der Waals surface area contributed by atoms with E-state index in [1.807, 2.05) is 0 Å². The van der Waals surface area contributed by atoms with E-state index in [1.54, 1.807) is 4.72 Å². The van der Waals surface area contributed by atoms with Crippen molar-refractivity contribution in [1.29, 1.82) is 0 Å². The van der Waals surface area contributed by atoms with Crippen LogP contribution in [0.2, 0.25) is 0 Å². The minimum Gasteiger partial charge on any atom is -0.435 e. The fourth-order valence-electron chi connectivity index (χ4n) is 0.665. The van der Waals surface area contributed by atoms with Crippen LogP contribution in [0.3, 0.4) is 0 Å². The van der Waals surface area contributed by atoms with Gasteiger partial charge in [-0.3, -0.25) is 0 Å². The Kier molecular flexibility index (Phi) is 2.99. The van der Waals surface area contributed by atoms with E-state index < -0.39 is 25.0 Å². The quantitative estimate of drug-likeness (QED) is 0.664. The van der Waals surface area contributed by atoms with Gasteiger partial charge in [0, 0.05) is 6.07 Å². The van der Waals surface area contributed by atoms with E-state index in [9.17, 15) is 21.6 Å². The zero-order valence-corrected chi connectivity index (χ0v) is 9.27. The molecule has 1 aromatic rings. The SMILES string of the molecule is O=S(=O)(I)Nc1ccc(C(F)(F)F)o1. The molecule has 0 aliphatic carbocycles. The molecule has 0 radical (unpaired) electrons. The fraction of sp³-hybridized carbons (Fsp3) is 0.200. The highest BCUT2D eigenvalue weighted by atomic mass is 127. The van der Waals surface area contributed by atoms with Crippen molar-refractivity contribution in [2.45, 2.75) is 6.18 Å². The van der Waals surface area contributed by atoms with E-state index in [0.29, 0.717) is 6.07 Å². The third-order valence-electron chi connectivity index (χ3n) is 1.11. The Morgan fingerprint density at radius 1 is 1.36 bits per heavy atom. The van der Waals surface area contributed by atoms with Crippen LogP contribution in [0.25, 0.3) is 0 Å². The van der Waals surface area contributed by atoms with Gasteiger partial charge in [-0.25, -0.2) is 4.72 Å². The number of furan rings is 1. The molecule has 0 unspecified atom stereocenters. The summed E-state index contributed by atoms with van der Waals surface area (Å²) >= 11 is 1.03. The third kappa shape index (κ3) is 3.36. The van der Waals surface area contributed by atoms with Gasteiger partial charge < -0.3 is 4.42 Å². The van der Waals surface area contributed by atoms with E-state index in [0.717, 1.165) is 27.3 Å². The maximum absolute atomic E-state index is 12.0. The molecule has 4 nitrogen and oxygen atoms in total. The Morgan fingerprint density at radius 2 is 1.93 bits per heavy atom. The molecule has 0 aromatic carbocycles. The average molecular weight is 341 g/mol. The van der Waals surface area contributed by atoms with E-state index in [2.05, 4.69) is 4.42 Å². The van der Waals surface area contributed by atoms with Gasteiger partial charge in [0.25, 0.3) is 7.19 Å². The van der Waals surface area contributed by atoms with Gasteiger partial charge in [0.15, 0.2) is 0 Å². The van der Waals surface area contributed by atoms with Crippen molar-refractivity contribution < 1.29 is 26.0 Å². The molecule has 0 spiro atoms. The molecular weight excluding hydrogens is 338 g/mol. The number of hydrogen-bond donors (Lipinski definition) is 1. The van der Waals surface area contributed by atoms with Crippen molar-refractivity contribution in [2.24, 2.45) is 0 Å².